The van der Waals surface area contributed by atoms with Crippen LogP contribution in [0.2, 0.25) is 0 Å². The number of nitrogen functional groups attached to an aromatic ring is 1. The fourth-order valence-corrected chi connectivity index (χ4v) is 2.47. The van der Waals surface area contributed by atoms with E-state index in [0.29, 0.717) is 30.3 Å². The van der Waals surface area contributed by atoms with E-state index in [4.69, 9.17) is 10.5 Å². The topological polar surface area (TPSA) is 81.3 Å². The van der Waals surface area contributed by atoms with Crippen molar-refractivity contribution < 1.29 is 9.53 Å². The Morgan fingerprint density at radius 3 is 2.71 bits per heavy atom. The Hall–Kier alpha value is -1.69. The lowest BCUT2D eigenvalue weighted by Gasteiger charge is -2.31. The molecule has 1 amide bonds. The summed E-state index contributed by atoms with van der Waals surface area (Å²) in [5.41, 5.74) is 6.54. The summed E-state index contributed by atoms with van der Waals surface area (Å²) >= 11 is 0. The van der Waals surface area contributed by atoms with E-state index in [9.17, 15) is 4.79 Å². The Labute approximate surface area is 125 Å². The Balaban J connectivity index is 2.08. The monoisotopic (exact) mass is 292 g/mol. The molecule has 0 radical (unpaired) electrons. The molecule has 1 saturated heterocycles. The van der Waals surface area contributed by atoms with E-state index in [1.807, 2.05) is 20.8 Å². The summed E-state index contributed by atoms with van der Waals surface area (Å²) in [6.45, 7) is 8.07. The van der Waals surface area contributed by atoms with Crippen molar-refractivity contribution in [2.75, 3.05) is 25.4 Å². The summed E-state index contributed by atoms with van der Waals surface area (Å²) in [5.74, 6) is 0.712. The lowest BCUT2D eigenvalue weighted by Crippen LogP contribution is -2.41. The minimum atomic E-state index is -0.105. The van der Waals surface area contributed by atoms with Crippen molar-refractivity contribution in [3.63, 3.8) is 0 Å². The summed E-state index contributed by atoms with van der Waals surface area (Å²) in [7, 11) is 0. The van der Waals surface area contributed by atoms with Crippen LogP contribution >= 0.6 is 0 Å². The van der Waals surface area contributed by atoms with Crippen molar-refractivity contribution in [2.24, 2.45) is 0 Å². The highest BCUT2D eigenvalue weighted by Gasteiger charge is 2.26. The van der Waals surface area contributed by atoms with Crippen molar-refractivity contribution in [3.8, 4) is 0 Å². The molecule has 1 aliphatic heterocycles. The number of carbonyl (C=O) groups excluding carboxylic acids is 1. The van der Waals surface area contributed by atoms with Gasteiger partial charge in [0.15, 0.2) is 5.69 Å². The lowest BCUT2D eigenvalue weighted by molar-refractivity contribution is 0.0144. The number of anilines is 1. The molecule has 2 rings (SSSR count). The second-order valence-corrected chi connectivity index (χ2v) is 5.63. The maximum absolute atomic E-state index is 12.6. The number of ether oxygens (including phenoxy) is 1. The molecular formula is C15H24N4O2. The van der Waals surface area contributed by atoms with Crippen LogP contribution in [0.25, 0.3) is 0 Å². The Morgan fingerprint density at radius 1 is 1.48 bits per heavy atom. The smallest absolute Gasteiger partial charge is 0.274 e. The number of hydrogen-bond donors (Lipinski definition) is 1. The minimum Gasteiger partial charge on any atom is -0.396 e. The molecule has 2 N–H and O–H groups in total. The van der Waals surface area contributed by atoms with Crippen LogP contribution in [-0.4, -0.2) is 46.6 Å². The van der Waals surface area contributed by atoms with E-state index < -0.39 is 0 Å². The number of nitrogens with two attached hydrogens (primary N) is 1. The summed E-state index contributed by atoms with van der Waals surface area (Å²) < 4.78 is 5.60. The van der Waals surface area contributed by atoms with Crippen LogP contribution in [0.15, 0.2) is 6.20 Å². The van der Waals surface area contributed by atoms with Crippen LogP contribution in [0.3, 0.4) is 0 Å². The van der Waals surface area contributed by atoms with Crippen LogP contribution in [0.5, 0.6) is 0 Å². The molecule has 0 aromatic carbocycles. The predicted octanol–water partition coefficient (Wildman–Crippen LogP) is 1.82. The fourth-order valence-electron chi connectivity index (χ4n) is 2.47. The van der Waals surface area contributed by atoms with Crippen molar-refractivity contribution in [1.82, 2.24) is 14.9 Å². The number of rotatable bonds is 4. The minimum absolute atomic E-state index is 0.105. The number of hydrogen-bond acceptors (Lipinski definition) is 5. The highest BCUT2D eigenvalue weighted by Crippen LogP contribution is 2.19. The number of amides is 1. The first-order chi connectivity index (χ1) is 10.0. The summed E-state index contributed by atoms with van der Waals surface area (Å²) in [4.78, 5) is 22.9. The normalized spacial score (nSPS) is 16.5. The first-order valence-corrected chi connectivity index (χ1v) is 7.56. The molecule has 6 nitrogen and oxygen atoms in total. The van der Waals surface area contributed by atoms with E-state index in [0.717, 1.165) is 19.4 Å². The molecule has 0 atom stereocenters. The third kappa shape index (κ3) is 3.69. The van der Waals surface area contributed by atoms with Crippen molar-refractivity contribution in [2.45, 2.75) is 45.6 Å². The van der Waals surface area contributed by atoms with Gasteiger partial charge >= 0.3 is 0 Å². The van der Waals surface area contributed by atoms with Crippen LogP contribution in [0, 0.1) is 0 Å². The van der Waals surface area contributed by atoms with E-state index in [-0.39, 0.29) is 17.9 Å². The molecular weight excluding hydrogens is 268 g/mol. The van der Waals surface area contributed by atoms with Crippen LogP contribution in [-0.2, 0) is 4.74 Å². The molecule has 0 spiro atoms. The molecule has 1 aromatic rings. The fraction of sp³-hybridized carbons (Fsp3) is 0.667. The van der Waals surface area contributed by atoms with Gasteiger partial charge in [0.1, 0.15) is 5.82 Å². The summed E-state index contributed by atoms with van der Waals surface area (Å²) in [5, 5.41) is 0. The largest absolute Gasteiger partial charge is 0.396 e. The highest BCUT2D eigenvalue weighted by molar-refractivity contribution is 5.97. The summed E-state index contributed by atoms with van der Waals surface area (Å²) in [6.07, 6.45) is 3.51. The van der Waals surface area contributed by atoms with Crippen molar-refractivity contribution in [1.29, 1.82) is 0 Å². The lowest BCUT2D eigenvalue weighted by atomic mass is 10.1. The highest BCUT2D eigenvalue weighted by atomic mass is 16.5. The number of aromatic nitrogens is 2. The SMILES string of the molecule is CCOC1CCN(C(=O)c2nc(C(C)C)ncc2N)CC1. The molecule has 0 unspecified atom stereocenters. The zero-order valence-corrected chi connectivity index (χ0v) is 13.0. The van der Waals surface area contributed by atoms with Gasteiger partial charge in [-0.05, 0) is 19.8 Å². The van der Waals surface area contributed by atoms with E-state index >= 15 is 0 Å². The zero-order valence-electron chi connectivity index (χ0n) is 13.0. The van der Waals surface area contributed by atoms with Crippen LogP contribution in [0.4, 0.5) is 5.69 Å². The van der Waals surface area contributed by atoms with Gasteiger partial charge in [-0.1, -0.05) is 13.8 Å². The maximum atomic E-state index is 12.6. The number of nitrogens with zero attached hydrogens (tertiary/aromatic N) is 3. The van der Waals surface area contributed by atoms with Gasteiger partial charge in [0.05, 0.1) is 18.0 Å². The number of carbonyl (C=O) groups is 1. The Kier molecular flexibility index (Phi) is 5.12. The average molecular weight is 292 g/mol. The quantitative estimate of drug-likeness (QED) is 0.915. The van der Waals surface area contributed by atoms with Gasteiger partial charge in [-0.15, -0.1) is 0 Å². The van der Waals surface area contributed by atoms with Gasteiger partial charge in [0.25, 0.3) is 5.91 Å². The molecule has 0 aliphatic carbocycles. The maximum Gasteiger partial charge on any atom is 0.274 e. The molecule has 1 aliphatic rings. The molecule has 1 fully saturated rings. The molecule has 21 heavy (non-hydrogen) atoms. The molecule has 0 bridgehead atoms. The Bertz CT molecular complexity index is 496. The van der Waals surface area contributed by atoms with E-state index in [1.165, 1.54) is 6.20 Å². The third-order valence-electron chi connectivity index (χ3n) is 3.69. The van der Waals surface area contributed by atoms with Gasteiger partial charge in [-0.25, -0.2) is 9.97 Å². The van der Waals surface area contributed by atoms with Crippen molar-refractivity contribution >= 4 is 11.6 Å². The van der Waals surface area contributed by atoms with Gasteiger partial charge in [0, 0.05) is 25.6 Å². The molecule has 6 heteroatoms. The second-order valence-electron chi connectivity index (χ2n) is 5.63. The molecule has 0 saturated carbocycles. The number of piperidine rings is 1. The average Bonchev–Trinajstić information content (AvgIpc) is 2.48. The number of likely N-dealkylation sites (tertiary alicyclic amines) is 1. The van der Waals surface area contributed by atoms with Gasteiger partial charge in [-0.3, -0.25) is 4.79 Å². The van der Waals surface area contributed by atoms with E-state index in [2.05, 4.69) is 9.97 Å². The first-order valence-electron chi connectivity index (χ1n) is 7.56. The van der Waals surface area contributed by atoms with Gasteiger partial charge in [0.2, 0.25) is 0 Å². The van der Waals surface area contributed by atoms with Crippen molar-refractivity contribution in [3.05, 3.63) is 17.7 Å². The van der Waals surface area contributed by atoms with Crippen LogP contribution in [0.1, 0.15) is 55.8 Å². The second kappa shape index (κ2) is 6.85. The van der Waals surface area contributed by atoms with Gasteiger partial charge < -0.3 is 15.4 Å². The first kappa shape index (κ1) is 15.7. The Morgan fingerprint density at radius 2 is 2.14 bits per heavy atom. The van der Waals surface area contributed by atoms with Gasteiger partial charge in [-0.2, -0.15) is 0 Å². The standard InChI is InChI=1S/C15H24N4O2/c1-4-21-11-5-7-19(8-6-11)15(20)13-12(16)9-17-14(18-13)10(2)3/h9-11H,4-8,16H2,1-3H3. The molecule has 1 aromatic heterocycles. The van der Waals surface area contributed by atoms with Crippen LogP contribution < -0.4 is 5.73 Å². The third-order valence-corrected chi connectivity index (χ3v) is 3.69. The molecule has 2 heterocycles. The zero-order chi connectivity index (χ0) is 15.4. The molecule has 116 valence electrons. The summed E-state index contributed by atoms with van der Waals surface area (Å²) in [6, 6.07) is 0. The van der Waals surface area contributed by atoms with E-state index in [1.54, 1.807) is 4.90 Å². The predicted molar refractivity (Wildman–Crippen MR) is 81.1 cm³/mol.